The third kappa shape index (κ3) is 5.01. The van der Waals surface area contributed by atoms with Crippen LogP contribution in [-0.2, 0) is 11.3 Å². The highest BCUT2D eigenvalue weighted by molar-refractivity contribution is 7.99. The van der Waals surface area contributed by atoms with Gasteiger partial charge in [0.05, 0.1) is 35.5 Å². The molecule has 4 aromatic rings. The highest BCUT2D eigenvalue weighted by Crippen LogP contribution is 2.26. The Bertz CT molecular complexity index is 1320. The van der Waals surface area contributed by atoms with Gasteiger partial charge in [0.1, 0.15) is 5.76 Å². The fraction of sp³-hybridized carbons (Fsp3) is 0.174. The first-order valence-electron chi connectivity index (χ1n) is 9.81. The third-order valence-corrected chi connectivity index (χ3v) is 6.40. The van der Waals surface area contributed by atoms with Crippen LogP contribution in [0.3, 0.4) is 0 Å². The number of hydrogen-bond donors (Lipinski definition) is 1. The summed E-state index contributed by atoms with van der Waals surface area (Å²) >= 11 is 13.4. The van der Waals surface area contributed by atoms with Crippen molar-refractivity contribution in [2.75, 3.05) is 5.75 Å². The van der Waals surface area contributed by atoms with Gasteiger partial charge >= 0.3 is 0 Å². The Labute approximate surface area is 198 Å². The van der Waals surface area contributed by atoms with Gasteiger partial charge in [-0.1, -0.05) is 53.2 Å². The Balaban J connectivity index is 1.54. The number of hydrogen-bond acceptors (Lipinski definition) is 5. The van der Waals surface area contributed by atoms with E-state index in [9.17, 15) is 9.59 Å². The summed E-state index contributed by atoms with van der Waals surface area (Å²) in [6, 6.07) is 15.5. The average Bonchev–Trinajstić information content (AvgIpc) is 3.27. The Kier molecular flexibility index (Phi) is 6.89. The zero-order valence-electron chi connectivity index (χ0n) is 17.0. The van der Waals surface area contributed by atoms with Gasteiger partial charge in [-0.15, -0.1) is 0 Å². The molecule has 6 nitrogen and oxygen atoms in total. The van der Waals surface area contributed by atoms with E-state index in [0.29, 0.717) is 31.9 Å². The predicted molar refractivity (Wildman–Crippen MR) is 128 cm³/mol. The summed E-state index contributed by atoms with van der Waals surface area (Å²) in [5.41, 5.74) is 1.17. The molecular weight excluding hydrogens is 469 g/mol. The molecule has 2 aromatic heterocycles. The number of nitrogens with one attached hydrogen (secondary N) is 1. The highest BCUT2D eigenvalue weighted by Gasteiger charge is 2.17. The number of halogens is 2. The maximum Gasteiger partial charge on any atom is 0.262 e. The van der Waals surface area contributed by atoms with E-state index >= 15 is 0 Å². The molecule has 1 amide bonds. The van der Waals surface area contributed by atoms with Crippen LogP contribution in [0.2, 0.25) is 10.0 Å². The number of nitrogens with zero attached hydrogens (tertiary/aromatic N) is 2. The van der Waals surface area contributed by atoms with E-state index in [4.69, 9.17) is 27.6 Å². The van der Waals surface area contributed by atoms with Crippen LogP contribution in [0.4, 0.5) is 0 Å². The molecule has 0 saturated carbocycles. The van der Waals surface area contributed by atoms with Gasteiger partial charge in [0.2, 0.25) is 5.91 Å². The standard InChI is InChI=1S/C23H19Cl2N3O3S/c1-14(17-9-8-15(24)11-19(17)25)26-21(29)13-32-23-27-20-7-3-2-6-18(20)22(30)28(23)12-16-5-4-10-31-16/h2-11,14H,12-13H2,1H3,(H,26,29)/t14-/m1/s1. The first-order valence-corrected chi connectivity index (χ1v) is 11.6. The molecule has 2 heterocycles. The molecule has 0 fully saturated rings. The maximum absolute atomic E-state index is 13.1. The van der Waals surface area contributed by atoms with Crippen molar-refractivity contribution in [3.05, 3.63) is 92.6 Å². The molecule has 9 heteroatoms. The van der Waals surface area contributed by atoms with Crippen LogP contribution in [0.25, 0.3) is 10.9 Å². The molecule has 0 unspecified atom stereocenters. The molecule has 0 radical (unpaired) electrons. The van der Waals surface area contributed by atoms with E-state index < -0.39 is 0 Å². The molecule has 1 atom stereocenters. The number of carbonyl (C=O) groups excluding carboxylic acids is 1. The van der Waals surface area contributed by atoms with Crippen LogP contribution < -0.4 is 10.9 Å². The first kappa shape index (κ1) is 22.5. The summed E-state index contributed by atoms with van der Waals surface area (Å²) in [5.74, 6) is 0.500. The number of furan rings is 1. The molecule has 164 valence electrons. The van der Waals surface area contributed by atoms with Crippen molar-refractivity contribution in [2.45, 2.75) is 24.7 Å². The highest BCUT2D eigenvalue weighted by atomic mass is 35.5. The number of carbonyl (C=O) groups is 1. The lowest BCUT2D eigenvalue weighted by Crippen LogP contribution is -2.29. The van der Waals surface area contributed by atoms with Gasteiger partial charge in [0.25, 0.3) is 5.56 Å². The summed E-state index contributed by atoms with van der Waals surface area (Å²) in [7, 11) is 0. The maximum atomic E-state index is 13.1. The van der Waals surface area contributed by atoms with Crippen LogP contribution in [0.15, 0.2) is 75.2 Å². The zero-order valence-corrected chi connectivity index (χ0v) is 19.4. The van der Waals surface area contributed by atoms with Crippen molar-refractivity contribution in [1.29, 1.82) is 0 Å². The summed E-state index contributed by atoms with van der Waals surface area (Å²) < 4.78 is 6.93. The van der Waals surface area contributed by atoms with Crippen LogP contribution in [-0.4, -0.2) is 21.2 Å². The molecule has 1 N–H and O–H groups in total. The van der Waals surface area contributed by atoms with Crippen molar-refractivity contribution < 1.29 is 9.21 Å². The Hall–Kier alpha value is -2.74. The minimum Gasteiger partial charge on any atom is -0.467 e. The largest absolute Gasteiger partial charge is 0.467 e. The zero-order chi connectivity index (χ0) is 22.7. The topological polar surface area (TPSA) is 77.1 Å². The molecule has 0 saturated heterocycles. The van der Waals surface area contributed by atoms with Gasteiger partial charge in [-0.25, -0.2) is 4.98 Å². The average molecular weight is 488 g/mol. The fourth-order valence-electron chi connectivity index (χ4n) is 3.30. The molecule has 2 aromatic carbocycles. The van der Waals surface area contributed by atoms with Gasteiger partial charge in [-0.05, 0) is 48.9 Å². The smallest absolute Gasteiger partial charge is 0.262 e. The second kappa shape index (κ2) is 9.81. The molecule has 0 aliphatic heterocycles. The second-order valence-corrected chi connectivity index (χ2v) is 8.91. The van der Waals surface area contributed by atoms with Crippen LogP contribution in [0.1, 0.15) is 24.3 Å². The number of fused-ring (bicyclic) bond motifs is 1. The Morgan fingerprint density at radius 1 is 1.19 bits per heavy atom. The quantitative estimate of drug-likeness (QED) is 0.282. The monoisotopic (exact) mass is 487 g/mol. The lowest BCUT2D eigenvalue weighted by Gasteiger charge is -2.16. The lowest BCUT2D eigenvalue weighted by atomic mass is 10.1. The molecule has 32 heavy (non-hydrogen) atoms. The van der Waals surface area contributed by atoms with Crippen LogP contribution in [0.5, 0.6) is 0 Å². The van der Waals surface area contributed by atoms with E-state index in [-0.39, 0.29) is 29.8 Å². The number of aromatic nitrogens is 2. The fourth-order valence-corrected chi connectivity index (χ4v) is 4.68. The third-order valence-electron chi connectivity index (χ3n) is 4.86. The van der Waals surface area contributed by atoms with E-state index in [1.54, 1.807) is 54.8 Å². The number of rotatable bonds is 7. The molecule has 0 bridgehead atoms. The van der Waals surface area contributed by atoms with Gasteiger partial charge in [0, 0.05) is 10.0 Å². The number of para-hydroxylation sites is 1. The van der Waals surface area contributed by atoms with Gasteiger partial charge in [-0.2, -0.15) is 0 Å². The summed E-state index contributed by atoms with van der Waals surface area (Å²) in [6.45, 7) is 2.07. The van der Waals surface area contributed by atoms with Crippen molar-refractivity contribution in [1.82, 2.24) is 14.9 Å². The number of amides is 1. The molecule has 0 aliphatic carbocycles. The van der Waals surface area contributed by atoms with Crippen molar-refractivity contribution in [2.24, 2.45) is 0 Å². The minimum absolute atomic E-state index is 0.0818. The number of thioether (sulfide) groups is 1. The summed E-state index contributed by atoms with van der Waals surface area (Å²) in [6.07, 6.45) is 1.55. The summed E-state index contributed by atoms with van der Waals surface area (Å²) in [5, 5.41) is 4.90. The number of benzene rings is 2. The SMILES string of the molecule is C[C@@H](NC(=O)CSc1nc2ccccc2c(=O)n1Cc1ccco1)c1ccc(Cl)cc1Cl. The molecular formula is C23H19Cl2N3O3S. The van der Waals surface area contributed by atoms with Crippen molar-refractivity contribution in [3.63, 3.8) is 0 Å². The van der Waals surface area contributed by atoms with E-state index in [2.05, 4.69) is 10.3 Å². The lowest BCUT2D eigenvalue weighted by molar-refractivity contribution is -0.119. The van der Waals surface area contributed by atoms with E-state index in [0.717, 1.165) is 5.56 Å². The van der Waals surface area contributed by atoms with Crippen molar-refractivity contribution >= 4 is 51.8 Å². The Morgan fingerprint density at radius 3 is 2.75 bits per heavy atom. The molecule has 0 aliphatic rings. The predicted octanol–water partition coefficient (Wildman–Crippen LogP) is 5.31. The van der Waals surface area contributed by atoms with Crippen LogP contribution >= 0.6 is 35.0 Å². The first-order chi connectivity index (χ1) is 15.4. The normalized spacial score (nSPS) is 12.1. The molecule has 4 rings (SSSR count). The summed E-state index contributed by atoms with van der Waals surface area (Å²) in [4.78, 5) is 30.3. The van der Waals surface area contributed by atoms with Crippen molar-refractivity contribution in [3.8, 4) is 0 Å². The van der Waals surface area contributed by atoms with E-state index in [1.807, 2.05) is 13.0 Å². The second-order valence-electron chi connectivity index (χ2n) is 7.13. The van der Waals surface area contributed by atoms with E-state index in [1.165, 1.54) is 16.3 Å². The van der Waals surface area contributed by atoms with Crippen LogP contribution in [0, 0.1) is 0 Å². The Morgan fingerprint density at radius 2 is 2.00 bits per heavy atom. The van der Waals surface area contributed by atoms with Gasteiger partial charge in [-0.3, -0.25) is 14.2 Å². The van der Waals surface area contributed by atoms with Gasteiger partial charge < -0.3 is 9.73 Å². The molecule has 0 spiro atoms. The van der Waals surface area contributed by atoms with Gasteiger partial charge in [0.15, 0.2) is 5.16 Å². The minimum atomic E-state index is -0.303.